The van der Waals surface area contributed by atoms with E-state index in [4.69, 9.17) is 9.47 Å². The van der Waals surface area contributed by atoms with Gasteiger partial charge in [-0.3, -0.25) is 4.79 Å². The van der Waals surface area contributed by atoms with Crippen LogP contribution in [-0.4, -0.2) is 56.9 Å². The van der Waals surface area contributed by atoms with Crippen LogP contribution >= 0.6 is 0 Å². The average molecular weight is 305 g/mol. The molecule has 2 aliphatic heterocycles. The van der Waals surface area contributed by atoms with Crippen molar-refractivity contribution in [2.24, 2.45) is 5.92 Å². The van der Waals surface area contributed by atoms with Crippen molar-refractivity contribution in [3.63, 3.8) is 0 Å². The van der Waals surface area contributed by atoms with E-state index in [1.54, 1.807) is 6.92 Å². The van der Waals surface area contributed by atoms with E-state index in [9.17, 15) is 13.2 Å². The van der Waals surface area contributed by atoms with Crippen molar-refractivity contribution in [3.8, 4) is 0 Å². The Balaban J connectivity index is 2.01. The fraction of sp³-hybridized carbons (Fsp3) is 0.923. The van der Waals surface area contributed by atoms with Gasteiger partial charge in [0.2, 0.25) is 10.0 Å². The number of carbonyl (C=O) groups is 1. The maximum absolute atomic E-state index is 12.6. The maximum atomic E-state index is 12.6. The van der Waals surface area contributed by atoms with E-state index in [-0.39, 0.29) is 23.7 Å². The van der Waals surface area contributed by atoms with Crippen molar-refractivity contribution in [2.45, 2.75) is 37.9 Å². The Morgan fingerprint density at radius 1 is 1.30 bits per heavy atom. The van der Waals surface area contributed by atoms with Gasteiger partial charge in [0.15, 0.2) is 0 Å². The van der Waals surface area contributed by atoms with Crippen LogP contribution in [0.3, 0.4) is 0 Å². The fourth-order valence-electron chi connectivity index (χ4n) is 2.81. The number of piperidine rings is 1. The number of carbonyl (C=O) groups excluding carboxylic acids is 1. The van der Waals surface area contributed by atoms with Crippen molar-refractivity contribution in [3.05, 3.63) is 0 Å². The van der Waals surface area contributed by atoms with Crippen LogP contribution in [0.2, 0.25) is 0 Å². The van der Waals surface area contributed by atoms with Gasteiger partial charge in [0, 0.05) is 26.3 Å². The zero-order chi connectivity index (χ0) is 14.6. The zero-order valence-electron chi connectivity index (χ0n) is 11.9. The zero-order valence-corrected chi connectivity index (χ0v) is 12.7. The number of rotatable bonds is 4. The predicted octanol–water partition coefficient (Wildman–Crippen LogP) is 0.770. The lowest BCUT2D eigenvalue weighted by Gasteiger charge is -2.34. The van der Waals surface area contributed by atoms with Crippen molar-refractivity contribution >= 4 is 16.0 Å². The van der Waals surface area contributed by atoms with Crippen molar-refractivity contribution in [1.82, 2.24) is 4.31 Å². The molecule has 0 spiro atoms. The Labute approximate surface area is 120 Å². The first kappa shape index (κ1) is 15.7. The summed E-state index contributed by atoms with van der Waals surface area (Å²) in [5.41, 5.74) is 0. The molecule has 7 heteroatoms. The molecule has 2 rings (SSSR count). The molecule has 0 aromatic rings. The molecule has 0 aliphatic carbocycles. The van der Waals surface area contributed by atoms with Gasteiger partial charge in [-0.1, -0.05) is 0 Å². The van der Waals surface area contributed by atoms with Gasteiger partial charge in [-0.05, 0) is 32.6 Å². The molecule has 0 aromatic heterocycles. The first-order valence-corrected chi connectivity index (χ1v) is 8.79. The number of hydrogen-bond donors (Lipinski definition) is 0. The number of sulfonamides is 1. The SMILES string of the molecule is CCOC(=O)[C@H]1CCCN(S(=O)(=O)C2CCOCC2)C1. The van der Waals surface area contributed by atoms with Crippen LogP contribution in [0.5, 0.6) is 0 Å². The Bertz CT molecular complexity index is 430. The normalized spacial score (nSPS) is 26.4. The van der Waals surface area contributed by atoms with Crippen LogP contribution in [0.4, 0.5) is 0 Å². The molecule has 0 bridgehead atoms. The molecule has 0 unspecified atom stereocenters. The third-order valence-electron chi connectivity index (χ3n) is 3.95. The Morgan fingerprint density at radius 3 is 2.65 bits per heavy atom. The van der Waals surface area contributed by atoms with Crippen LogP contribution in [-0.2, 0) is 24.3 Å². The fourth-order valence-corrected chi connectivity index (χ4v) is 4.79. The summed E-state index contributed by atoms with van der Waals surface area (Å²) in [6, 6.07) is 0. The van der Waals surface area contributed by atoms with Gasteiger partial charge in [-0.25, -0.2) is 12.7 Å². The molecule has 20 heavy (non-hydrogen) atoms. The van der Waals surface area contributed by atoms with E-state index in [2.05, 4.69) is 0 Å². The number of hydrogen-bond acceptors (Lipinski definition) is 5. The molecular formula is C13H23NO5S. The third-order valence-corrected chi connectivity index (χ3v) is 6.32. The average Bonchev–Trinajstić information content (AvgIpc) is 2.48. The highest BCUT2D eigenvalue weighted by atomic mass is 32.2. The van der Waals surface area contributed by atoms with Crippen molar-refractivity contribution in [2.75, 3.05) is 32.9 Å². The highest BCUT2D eigenvalue weighted by molar-refractivity contribution is 7.89. The quantitative estimate of drug-likeness (QED) is 0.717. The van der Waals surface area contributed by atoms with E-state index in [0.29, 0.717) is 52.0 Å². The minimum Gasteiger partial charge on any atom is -0.466 e. The summed E-state index contributed by atoms with van der Waals surface area (Å²) in [7, 11) is -3.32. The summed E-state index contributed by atoms with van der Waals surface area (Å²) in [4.78, 5) is 11.8. The highest BCUT2D eigenvalue weighted by Gasteiger charge is 2.38. The van der Waals surface area contributed by atoms with E-state index < -0.39 is 10.0 Å². The van der Waals surface area contributed by atoms with Crippen LogP contribution in [0.15, 0.2) is 0 Å². The lowest BCUT2D eigenvalue weighted by atomic mass is 10.0. The first-order chi connectivity index (χ1) is 9.55. The van der Waals surface area contributed by atoms with Crippen LogP contribution in [0, 0.1) is 5.92 Å². The Hall–Kier alpha value is -0.660. The van der Waals surface area contributed by atoms with Crippen LogP contribution in [0.25, 0.3) is 0 Å². The van der Waals surface area contributed by atoms with Gasteiger partial charge in [-0.15, -0.1) is 0 Å². The van der Waals surface area contributed by atoms with Crippen LogP contribution < -0.4 is 0 Å². The van der Waals surface area contributed by atoms with Gasteiger partial charge in [0.05, 0.1) is 17.8 Å². The second-order valence-corrected chi connectivity index (χ2v) is 7.52. The smallest absolute Gasteiger partial charge is 0.310 e. The van der Waals surface area contributed by atoms with Gasteiger partial charge in [-0.2, -0.15) is 0 Å². The monoisotopic (exact) mass is 305 g/mol. The number of nitrogens with zero attached hydrogens (tertiary/aromatic N) is 1. The topological polar surface area (TPSA) is 72.9 Å². The van der Waals surface area contributed by atoms with Crippen molar-refractivity contribution < 1.29 is 22.7 Å². The molecule has 0 radical (unpaired) electrons. The minimum absolute atomic E-state index is 0.262. The lowest BCUT2D eigenvalue weighted by molar-refractivity contribution is -0.149. The van der Waals surface area contributed by atoms with E-state index >= 15 is 0 Å². The summed E-state index contributed by atoms with van der Waals surface area (Å²) in [5, 5.41) is -0.364. The third kappa shape index (κ3) is 3.51. The molecular weight excluding hydrogens is 282 g/mol. The Kier molecular flexibility index (Phi) is 5.40. The van der Waals surface area contributed by atoms with E-state index in [1.165, 1.54) is 4.31 Å². The molecule has 2 fully saturated rings. The molecule has 116 valence electrons. The molecule has 0 amide bonds. The van der Waals surface area contributed by atoms with Crippen molar-refractivity contribution in [1.29, 1.82) is 0 Å². The number of ether oxygens (including phenoxy) is 2. The second-order valence-electron chi connectivity index (χ2n) is 5.31. The second kappa shape index (κ2) is 6.87. The summed E-state index contributed by atoms with van der Waals surface area (Å²) in [5.74, 6) is -0.599. The van der Waals surface area contributed by atoms with E-state index in [0.717, 1.165) is 0 Å². The predicted molar refractivity (Wildman–Crippen MR) is 73.7 cm³/mol. The summed E-state index contributed by atoms with van der Waals surface area (Å²) < 4.78 is 36.9. The molecule has 2 aliphatic rings. The standard InChI is InChI=1S/C13H23NO5S/c1-2-19-13(15)11-4-3-7-14(10-11)20(16,17)12-5-8-18-9-6-12/h11-12H,2-10H2,1H3/t11-/m0/s1. The first-order valence-electron chi connectivity index (χ1n) is 7.29. The summed E-state index contributed by atoms with van der Waals surface area (Å²) in [6.45, 7) is 3.87. The molecule has 1 atom stereocenters. The largest absolute Gasteiger partial charge is 0.466 e. The Morgan fingerprint density at radius 2 is 2.00 bits per heavy atom. The van der Waals surface area contributed by atoms with Gasteiger partial charge < -0.3 is 9.47 Å². The molecule has 6 nitrogen and oxygen atoms in total. The van der Waals surface area contributed by atoms with Crippen LogP contribution in [0.1, 0.15) is 32.6 Å². The number of esters is 1. The minimum atomic E-state index is -3.32. The molecule has 0 aromatic carbocycles. The van der Waals surface area contributed by atoms with Gasteiger partial charge >= 0.3 is 5.97 Å². The highest BCUT2D eigenvalue weighted by Crippen LogP contribution is 2.26. The van der Waals surface area contributed by atoms with Gasteiger partial charge in [0.25, 0.3) is 0 Å². The lowest BCUT2D eigenvalue weighted by Crippen LogP contribution is -2.47. The molecule has 2 saturated heterocycles. The molecule has 0 saturated carbocycles. The van der Waals surface area contributed by atoms with Gasteiger partial charge in [0.1, 0.15) is 0 Å². The molecule has 0 N–H and O–H groups in total. The molecule has 2 heterocycles. The van der Waals surface area contributed by atoms with E-state index in [1.807, 2.05) is 0 Å². The maximum Gasteiger partial charge on any atom is 0.310 e. The summed E-state index contributed by atoms with van der Waals surface area (Å²) in [6.07, 6.45) is 2.51. The summed E-state index contributed by atoms with van der Waals surface area (Å²) >= 11 is 0.